The number of esters is 1. The van der Waals surface area contributed by atoms with E-state index in [4.69, 9.17) is 4.74 Å². The molecule has 2 aromatic rings. The van der Waals surface area contributed by atoms with Crippen molar-refractivity contribution in [2.24, 2.45) is 15.8 Å². The number of nitrogens with zero attached hydrogens (tertiary/aromatic N) is 6. The SMILES string of the molecule is COC(=O)C1(c2ccc([N+](=O)[O-])cc2)N=C(c2ccccc2)C(C#N)(C#N)C1(C#N)C#N. The zero-order valence-corrected chi connectivity index (χ0v) is 16.5. The number of carbonyl (C=O) groups is 1. The Labute approximate surface area is 182 Å². The number of hydrogen-bond acceptors (Lipinski definition) is 9. The molecule has 1 aliphatic heterocycles. The van der Waals surface area contributed by atoms with Gasteiger partial charge in [-0.15, -0.1) is 0 Å². The van der Waals surface area contributed by atoms with Gasteiger partial charge >= 0.3 is 5.97 Å². The summed E-state index contributed by atoms with van der Waals surface area (Å²) in [5.74, 6) is -1.17. The second-order valence-corrected chi connectivity index (χ2v) is 6.78. The third-order valence-corrected chi connectivity index (χ3v) is 5.43. The van der Waals surface area contributed by atoms with E-state index in [2.05, 4.69) is 4.99 Å². The van der Waals surface area contributed by atoms with Gasteiger partial charge in [0.05, 0.1) is 42.0 Å². The predicted molar refractivity (Wildman–Crippen MR) is 107 cm³/mol. The Morgan fingerprint density at radius 1 is 0.969 bits per heavy atom. The highest BCUT2D eigenvalue weighted by atomic mass is 16.6. The number of methoxy groups -OCH3 is 1. The van der Waals surface area contributed by atoms with E-state index in [0.29, 0.717) is 0 Å². The fourth-order valence-corrected chi connectivity index (χ4v) is 3.88. The van der Waals surface area contributed by atoms with Gasteiger partial charge in [-0.3, -0.25) is 15.1 Å². The molecule has 10 heteroatoms. The molecule has 0 spiro atoms. The fourth-order valence-electron chi connectivity index (χ4n) is 3.88. The largest absolute Gasteiger partial charge is 0.467 e. The Morgan fingerprint density at radius 2 is 1.53 bits per heavy atom. The van der Waals surface area contributed by atoms with E-state index in [-0.39, 0.29) is 22.5 Å². The Kier molecular flexibility index (Phi) is 5.17. The molecule has 1 heterocycles. The van der Waals surface area contributed by atoms with Crippen molar-refractivity contribution >= 4 is 17.4 Å². The molecule has 0 saturated carbocycles. The van der Waals surface area contributed by atoms with Gasteiger partial charge < -0.3 is 4.74 Å². The van der Waals surface area contributed by atoms with Gasteiger partial charge in [0, 0.05) is 12.1 Å². The average molecular weight is 424 g/mol. The molecule has 154 valence electrons. The van der Waals surface area contributed by atoms with E-state index in [0.717, 1.165) is 31.4 Å². The second kappa shape index (κ2) is 7.65. The minimum Gasteiger partial charge on any atom is -0.467 e. The van der Waals surface area contributed by atoms with Crippen LogP contribution in [0.25, 0.3) is 0 Å². The van der Waals surface area contributed by atoms with Crippen molar-refractivity contribution in [2.75, 3.05) is 7.11 Å². The number of nitro benzene ring substituents is 1. The van der Waals surface area contributed by atoms with Crippen LogP contribution in [0.4, 0.5) is 5.69 Å². The van der Waals surface area contributed by atoms with Crippen LogP contribution in [-0.4, -0.2) is 23.7 Å². The molecule has 1 unspecified atom stereocenters. The lowest BCUT2D eigenvalue weighted by Gasteiger charge is -2.36. The van der Waals surface area contributed by atoms with Gasteiger partial charge in [0.25, 0.3) is 5.69 Å². The van der Waals surface area contributed by atoms with Gasteiger partial charge in [0.2, 0.25) is 16.4 Å². The van der Waals surface area contributed by atoms with Crippen LogP contribution in [0.3, 0.4) is 0 Å². The minimum atomic E-state index is -2.67. The first-order chi connectivity index (χ1) is 15.3. The number of nitriles is 4. The van der Waals surface area contributed by atoms with Crippen molar-refractivity contribution in [1.82, 2.24) is 0 Å². The number of benzene rings is 2. The highest BCUT2D eigenvalue weighted by molar-refractivity contribution is 6.14. The Hall–Kier alpha value is -5.06. The summed E-state index contributed by atoms with van der Waals surface area (Å²) in [5.41, 5.74) is -8.04. The summed E-state index contributed by atoms with van der Waals surface area (Å²) in [4.78, 5) is 28.0. The summed E-state index contributed by atoms with van der Waals surface area (Å²) in [7, 11) is 1.01. The molecule has 0 aliphatic carbocycles. The van der Waals surface area contributed by atoms with Crippen LogP contribution in [0.5, 0.6) is 0 Å². The van der Waals surface area contributed by atoms with Crippen molar-refractivity contribution in [1.29, 1.82) is 21.0 Å². The maximum Gasteiger partial charge on any atom is 0.341 e. The molecular weight excluding hydrogens is 412 g/mol. The molecule has 0 saturated heterocycles. The van der Waals surface area contributed by atoms with Crippen LogP contribution in [0.1, 0.15) is 11.1 Å². The number of hydrogen-bond donors (Lipinski definition) is 0. The van der Waals surface area contributed by atoms with Crippen molar-refractivity contribution in [2.45, 2.75) is 5.54 Å². The van der Waals surface area contributed by atoms with Crippen molar-refractivity contribution in [3.63, 3.8) is 0 Å². The first kappa shape index (κ1) is 21.6. The molecule has 2 aromatic carbocycles. The lowest BCUT2D eigenvalue weighted by atomic mass is 9.55. The van der Waals surface area contributed by atoms with Crippen LogP contribution < -0.4 is 0 Å². The smallest absolute Gasteiger partial charge is 0.341 e. The normalized spacial score (nSPS) is 19.8. The van der Waals surface area contributed by atoms with E-state index in [9.17, 15) is 36.0 Å². The van der Waals surface area contributed by atoms with Crippen LogP contribution in [0.15, 0.2) is 59.6 Å². The van der Waals surface area contributed by atoms with E-state index in [1.165, 1.54) is 12.1 Å². The molecule has 3 rings (SSSR count). The van der Waals surface area contributed by atoms with Crippen molar-refractivity contribution < 1.29 is 14.5 Å². The quantitative estimate of drug-likeness (QED) is 0.408. The summed E-state index contributed by atoms with van der Waals surface area (Å²) >= 11 is 0. The maximum atomic E-state index is 13.2. The minimum absolute atomic E-state index is 0.112. The summed E-state index contributed by atoms with van der Waals surface area (Å²) in [5, 5.41) is 51.7. The maximum absolute atomic E-state index is 13.2. The molecule has 0 N–H and O–H groups in total. The van der Waals surface area contributed by atoms with Gasteiger partial charge in [0.1, 0.15) is 0 Å². The van der Waals surface area contributed by atoms with Crippen LogP contribution in [-0.2, 0) is 15.1 Å². The predicted octanol–water partition coefficient (Wildman–Crippen LogP) is 2.53. The number of non-ortho nitro benzene ring substituents is 1. The van der Waals surface area contributed by atoms with Gasteiger partial charge in [-0.2, -0.15) is 21.0 Å². The molecule has 1 atom stereocenters. The van der Waals surface area contributed by atoms with Gasteiger partial charge in [-0.05, 0) is 23.3 Å². The van der Waals surface area contributed by atoms with Gasteiger partial charge in [-0.25, -0.2) is 4.79 Å². The molecule has 0 amide bonds. The lowest BCUT2D eigenvalue weighted by Crippen LogP contribution is -2.54. The summed E-state index contributed by atoms with van der Waals surface area (Å²) in [6, 6.07) is 19.2. The molecule has 0 radical (unpaired) electrons. The molecule has 10 nitrogen and oxygen atoms in total. The standard InChI is InChI=1S/C22H12N6O4/c1-32-19(29)22(16-7-9-17(10-8-16)28(30)31)21(13-25,14-26)20(11-23,12-24)18(27-22)15-5-3-2-4-6-15/h2-10H,1H3. The summed E-state index contributed by atoms with van der Waals surface area (Å²) in [6.07, 6.45) is 0. The van der Waals surface area contributed by atoms with E-state index >= 15 is 0 Å². The second-order valence-electron chi connectivity index (χ2n) is 6.78. The summed E-state index contributed by atoms with van der Waals surface area (Å²) < 4.78 is 4.89. The molecule has 1 aliphatic rings. The number of aliphatic imine (C=N–C) groups is 1. The van der Waals surface area contributed by atoms with Crippen LogP contribution in [0, 0.1) is 66.3 Å². The van der Waals surface area contributed by atoms with Gasteiger partial charge in [-0.1, -0.05) is 30.3 Å². The first-order valence-corrected chi connectivity index (χ1v) is 8.98. The lowest BCUT2D eigenvalue weighted by molar-refractivity contribution is -0.384. The van der Waals surface area contributed by atoms with Crippen LogP contribution >= 0.6 is 0 Å². The monoisotopic (exact) mass is 424 g/mol. The number of rotatable bonds is 4. The fraction of sp³-hybridized carbons (Fsp3) is 0.182. The average Bonchev–Trinajstić information content (AvgIpc) is 3.11. The highest BCUT2D eigenvalue weighted by Crippen LogP contribution is 2.60. The summed E-state index contributed by atoms with van der Waals surface area (Å²) in [6.45, 7) is 0. The van der Waals surface area contributed by atoms with Crippen molar-refractivity contribution in [3.05, 3.63) is 75.8 Å². The van der Waals surface area contributed by atoms with E-state index < -0.39 is 27.3 Å². The van der Waals surface area contributed by atoms with Gasteiger partial charge in [0.15, 0.2) is 0 Å². The molecule has 32 heavy (non-hydrogen) atoms. The third-order valence-electron chi connectivity index (χ3n) is 5.43. The highest BCUT2D eigenvalue weighted by Gasteiger charge is 2.77. The zero-order valence-electron chi connectivity index (χ0n) is 16.5. The van der Waals surface area contributed by atoms with E-state index in [1.807, 2.05) is 0 Å². The number of carbonyl (C=O) groups excluding carboxylic acids is 1. The topological polar surface area (TPSA) is 177 Å². The van der Waals surface area contributed by atoms with Crippen LogP contribution in [0.2, 0.25) is 0 Å². The number of nitro groups is 1. The molecule has 0 aromatic heterocycles. The molecular formula is C22H12N6O4. The zero-order chi connectivity index (χ0) is 23.6. The Morgan fingerprint density at radius 3 is 1.97 bits per heavy atom. The molecule has 0 fully saturated rings. The Balaban J connectivity index is 2.53. The third kappa shape index (κ3) is 2.48. The number of ether oxygens (including phenoxy) is 1. The van der Waals surface area contributed by atoms with E-state index in [1.54, 1.807) is 42.5 Å². The molecule has 0 bridgehead atoms. The first-order valence-electron chi connectivity index (χ1n) is 8.98. The van der Waals surface area contributed by atoms with Crippen molar-refractivity contribution in [3.8, 4) is 24.3 Å². The Bertz CT molecular complexity index is 1280.